The largest absolute Gasteiger partial charge is 0.461 e. The summed E-state index contributed by atoms with van der Waals surface area (Å²) >= 11 is 0. The molecule has 0 saturated heterocycles. The molecule has 1 heterocycles. The van der Waals surface area contributed by atoms with Gasteiger partial charge >= 0.3 is 0 Å². The first-order valence-electron chi connectivity index (χ1n) is 8.40. The molecule has 0 spiro atoms. The van der Waals surface area contributed by atoms with Gasteiger partial charge in [-0.25, -0.2) is 0 Å². The van der Waals surface area contributed by atoms with Crippen molar-refractivity contribution in [2.75, 3.05) is 0 Å². The first-order chi connectivity index (χ1) is 10.2. The van der Waals surface area contributed by atoms with Crippen LogP contribution in [0.3, 0.4) is 0 Å². The molecule has 2 atom stereocenters. The Balaban J connectivity index is 1.75. The van der Waals surface area contributed by atoms with Gasteiger partial charge in [0.1, 0.15) is 11.3 Å². The van der Waals surface area contributed by atoms with Crippen molar-refractivity contribution >= 4 is 11.0 Å². The van der Waals surface area contributed by atoms with Crippen LogP contribution in [0.15, 0.2) is 28.7 Å². The van der Waals surface area contributed by atoms with Gasteiger partial charge in [-0.15, -0.1) is 0 Å². The highest BCUT2D eigenvalue weighted by Gasteiger charge is 2.24. The van der Waals surface area contributed by atoms with E-state index in [-0.39, 0.29) is 0 Å². The standard InChI is InChI=1S/C19H27NO/c1-4-18-17(16-7-5-6-8-19(16)21-18)12-20-15-10-13(2)9-14(3)11-15/h5-8,13-15,20H,4,9-12H2,1-3H3. The second kappa shape index (κ2) is 6.23. The summed E-state index contributed by atoms with van der Waals surface area (Å²) < 4.78 is 5.99. The molecular weight excluding hydrogens is 258 g/mol. The zero-order valence-corrected chi connectivity index (χ0v) is 13.5. The Morgan fingerprint density at radius 3 is 2.52 bits per heavy atom. The maximum Gasteiger partial charge on any atom is 0.134 e. The van der Waals surface area contributed by atoms with Crippen LogP contribution in [0.1, 0.15) is 51.4 Å². The molecule has 1 aliphatic rings. The number of benzene rings is 1. The average molecular weight is 285 g/mol. The number of fused-ring (bicyclic) bond motifs is 1. The molecule has 0 radical (unpaired) electrons. The predicted molar refractivity (Wildman–Crippen MR) is 88.4 cm³/mol. The Labute approximate surface area is 127 Å². The lowest BCUT2D eigenvalue weighted by molar-refractivity contribution is 0.238. The summed E-state index contributed by atoms with van der Waals surface area (Å²) in [5, 5.41) is 5.07. The lowest BCUT2D eigenvalue weighted by atomic mass is 9.80. The fraction of sp³-hybridized carbons (Fsp3) is 0.579. The van der Waals surface area contributed by atoms with E-state index in [4.69, 9.17) is 4.42 Å². The smallest absolute Gasteiger partial charge is 0.134 e. The molecule has 1 aromatic carbocycles. The Bertz CT molecular complexity index is 591. The van der Waals surface area contributed by atoms with E-state index in [0.29, 0.717) is 6.04 Å². The van der Waals surface area contributed by atoms with Crippen molar-refractivity contribution in [3.63, 3.8) is 0 Å². The minimum Gasteiger partial charge on any atom is -0.461 e. The van der Waals surface area contributed by atoms with Gasteiger partial charge in [-0.1, -0.05) is 39.0 Å². The highest BCUT2D eigenvalue weighted by atomic mass is 16.3. The monoisotopic (exact) mass is 285 g/mol. The van der Waals surface area contributed by atoms with Gasteiger partial charge in [0.25, 0.3) is 0 Å². The number of aryl methyl sites for hydroxylation is 1. The van der Waals surface area contributed by atoms with E-state index in [9.17, 15) is 0 Å². The van der Waals surface area contributed by atoms with Gasteiger partial charge in [0.2, 0.25) is 0 Å². The number of hydrogen-bond acceptors (Lipinski definition) is 2. The van der Waals surface area contributed by atoms with E-state index in [1.54, 1.807) is 0 Å². The molecule has 2 unspecified atom stereocenters. The fourth-order valence-corrected chi connectivity index (χ4v) is 3.99. The van der Waals surface area contributed by atoms with Gasteiger partial charge in [0, 0.05) is 30.0 Å². The van der Waals surface area contributed by atoms with E-state index in [2.05, 4.69) is 44.3 Å². The molecule has 0 aliphatic heterocycles. The van der Waals surface area contributed by atoms with Crippen LogP contribution in [0.4, 0.5) is 0 Å². The highest BCUT2D eigenvalue weighted by Crippen LogP contribution is 2.30. The van der Waals surface area contributed by atoms with Gasteiger partial charge in [-0.05, 0) is 37.2 Å². The molecule has 1 aliphatic carbocycles. The maximum absolute atomic E-state index is 5.99. The molecule has 1 aromatic heterocycles. The molecule has 2 aromatic rings. The molecule has 3 rings (SSSR count). The van der Waals surface area contributed by atoms with Crippen LogP contribution in [0.25, 0.3) is 11.0 Å². The molecule has 114 valence electrons. The van der Waals surface area contributed by atoms with E-state index in [0.717, 1.165) is 36.1 Å². The fourth-order valence-electron chi connectivity index (χ4n) is 3.99. The first-order valence-corrected chi connectivity index (χ1v) is 8.40. The second-order valence-electron chi connectivity index (χ2n) is 6.85. The van der Waals surface area contributed by atoms with E-state index < -0.39 is 0 Å². The second-order valence-corrected chi connectivity index (χ2v) is 6.85. The summed E-state index contributed by atoms with van der Waals surface area (Å²) in [5.41, 5.74) is 2.38. The Morgan fingerprint density at radius 2 is 1.81 bits per heavy atom. The lowest BCUT2D eigenvalue weighted by Gasteiger charge is -2.32. The highest BCUT2D eigenvalue weighted by molar-refractivity contribution is 5.82. The van der Waals surface area contributed by atoms with Crippen LogP contribution < -0.4 is 5.32 Å². The molecule has 1 saturated carbocycles. The summed E-state index contributed by atoms with van der Waals surface area (Å²) in [7, 11) is 0. The normalized spacial score (nSPS) is 26.3. The third-order valence-corrected chi connectivity index (χ3v) is 4.85. The van der Waals surface area contributed by atoms with Crippen LogP contribution in [-0.4, -0.2) is 6.04 Å². The Kier molecular flexibility index (Phi) is 4.34. The quantitative estimate of drug-likeness (QED) is 0.863. The van der Waals surface area contributed by atoms with Crippen molar-refractivity contribution in [1.29, 1.82) is 0 Å². The Hall–Kier alpha value is -1.28. The van der Waals surface area contributed by atoms with E-state index in [1.807, 2.05) is 6.07 Å². The molecule has 2 heteroatoms. The summed E-state index contributed by atoms with van der Waals surface area (Å²) in [6, 6.07) is 9.06. The lowest BCUT2D eigenvalue weighted by Crippen LogP contribution is -2.36. The zero-order chi connectivity index (χ0) is 14.8. The zero-order valence-electron chi connectivity index (χ0n) is 13.5. The molecule has 0 amide bonds. The summed E-state index contributed by atoms with van der Waals surface area (Å²) in [6.45, 7) is 7.88. The molecule has 21 heavy (non-hydrogen) atoms. The molecule has 1 fully saturated rings. The van der Waals surface area contributed by atoms with Gasteiger partial charge in [0.15, 0.2) is 0 Å². The van der Waals surface area contributed by atoms with Crippen molar-refractivity contribution in [1.82, 2.24) is 5.32 Å². The minimum atomic E-state index is 0.655. The van der Waals surface area contributed by atoms with Crippen molar-refractivity contribution in [3.05, 3.63) is 35.6 Å². The molecule has 1 N–H and O–H groups in total. The number of rotatable bonds is 4. The van der Waals surface area contributed by atoms with Gasteiger partial charge in [-0.2, -0.15) is 0 Å². The maximum atomic E-state index is 5.99. The number of para-hydroxylation sites is 1. The van der Waals surface area contributed by atoms with E-state index >= 15 is 0 Å². The summed E-state index contributed by atoms with van der Waals surface area (Å²) in [5.74, 6) is 2.83. The third kappa shape index (κ3) is 3.16. The number of nitrogens with one attached hydrogen (secondary N) is 1. The van der Waals surface area contributed by atoms with Crippen LogP contribution in [0, 0.1) is 11.8 Å². The van der Waals surface area contributed by atoms with Gasteiger partial charge < -0.3 is 9.73 Å². The topological polar surface area (TPSA) is 25.2 Å². The van der Waals surface area contributed by atoms with Crippen LogP contribution >= 0.6 is 0 Å². The van der Waals surface area contributed by atoms with E-state index in [1.165, 1.54) is 30.2 Å². The van der Waals surface area contributed by atoms with Gasteiger partial charge in [0.05, 0.1) is 0 Å². The predicted octanol–water partition coefficient (Wildman–Crippen LogP) is 4.91. The summed E-state index contributed by atoms with van der Waals surface area (Å²) in [6.07, 6.45) is 4.96. The molecule has 0 bridgehead atoms. The number of hydrogen-bond donors (Lipinski definition) is 1. The number of furan rings is 1. The SMILES string of the molecule is CCc1oc2ccccc2c1CNC1CC(C)CC(C)C1. The minimum absolute atomic E-state index is 0.655. The Morgan fingerprint density at radius 1 is 1.10 bits per heavy atom. The van der Waals surface area contributed by atoms with Crippen molar-refractivity contribution in [2.45, 2.75) is 59.0 Å². The van der Waals surface area contributed by atoms with Crippen molar-refractivity contribution in [3.8, 4) is 0 Å². The van der Waals surface area contributed by atoms with Crippen molar-refractivity contribution in [2.24, 2.45) is 11.8 Å². The molecular formula is C19H27NO. The van der Waals surface area contributed by atoms with Crippen LogP contribution in [-0.2, 0) is 13.0 Å². The first kappa shape index (κ1) is 14.6. The van der Waals surface area contributed by atoms with Crippen molar-refractivity contribution < 1.29 is 4.42 Å². The average Bonchev–Trinajstić information content (AvgIpc) is 2.82. The molecule has 2 nitrogen and oxygen atoms in total. The van der Waals surface area contributed by atoms with Crippen LogP contribution in [0.2, 0.25) is 0 Å². The summed E-state index contributed by atoms with van der Waals surface area (Å²) in [4.78, 5) is 0. The van der Waals surface area contributed by atoms with Crippen LogP contribution in [0.5, 0.6) is 0 Å². The van der Waals surface area contributed by atoms with Gasteiger partial charge in [-0.3, -0.25) is 0 Å². The third-order valence-electron chi connectivity index (χ3n) is 4.85.